The van der Waals surface area contributed by atoms with Gasteiger partial charge < -0.3 is 10.0 Å². The molecule has 1 atom stereocenters. The third-order valence-electron chi connectivity index (χ3n) is 5.48. The number of rotatable bonds is 6. The first-order valence-electron chi connectivity index (χ1n) is 10.6. The number of anilines is 1. The lowest BCUT2D eigenvalue weighted by molar-refractivity contribution is 0.198. The molecule has 0 saturated carbocycles. The monoisotopic (exact) mass is 536 g/mol. The summed E-state index contributed by atoms with van der Waals surface area (Å²) in [5.41, 5.74) is 4.80. The summed E-state index contributed by atoms with van der Waals surface area (Å²) in [7, 11) is 0. The number of nitriles is 1. The quantitative estimate of drug-likeness (QED) is 0.229. The molecule has 174 valence electrons. The summed E-state index contributed by atoms with van der Waals surface area (Å²) in [6, 6.07) is 9.84. The molecule has 35 heavy (non-hydrogen) atoms. The van der Waals surface area contributed by atoms with Gasteiger partial charge in [0, 0.05) is 51.4 Å². The normalized spacial score (nSPS) is 15.2. The third kappa shape index (κ3) is 4.90. The van der Waals surface area contributed by atoms with Crippen LogP contribution in [-0.4, -0.2) is 39.3 Å². The van der Waals surface area contributed by atoms with Crippen molar-refractivity contribution in [2.45, 2.75) is 23.3 Å². The van der Waals surface area contributed by atoms with Crippen LogP contribution in [0.3, 0.4) is 0 Å². The summed E-state index contributed by atoms with van der Waals surface area (Å²) in [6.07, 6.45) is 1.82. The van der Waals surface area contributed by atoms with Crippen LogP contribution in [0.4, 0.5) is 11.5 Å². The number of β-amino-alcohol motifs (C(OH)–C–C–N with tert-alkyl or cyclic N) is 1. The summed E-state index contributed by atoms with van der Waals surface area (Å²) in [5.74, 6) is 1.02. The van der Waals surface area contributed by atoms with Crippen LogP contribution in [0.25, 0.3) is 25.9 Å². The van der Waals surface area contributed by atoms with Crippen molar-refractivity contribution in [1.82, 2.24) is 15.0 Å². The Morgan fingerprint density at radius 3 is 2.77 bits per heavy atom. The predicted molar refractivity (Wildman–Crippen MR) is 141 cm³/mol. The van der Waals surface area contributed by atoms with Gasteiger partial charge in [0.1, 0.15) is 21.9 Å². The number of benzene rings is 1. The van der Waals surface area contributed by atoms with Gasteiger partial charge in [0.05, 0.1) is 29.4 Å². The molecule has 0 radical (unpaired) electrons. The fourth-order valence-electron chi connectivity index (χ4n) is 3.83. The summed E-state index contributed by atoms with van der Waals surface area (Å²) in [4.78, 5) is 20.1. The van der Waals surface area contributed by atoms with Gasteiger partial charge in [-0.05, 0) is 18.6 Å². The Hall–Kier alpha value is -2.99. The fraction of sp³-hybridized carbons (Fsp3) is 0.208. The molecule has 1 saturated heterocycles. The maximum absolute atomic E-state index is 10.1. The number of nitrogens with zero attached hydrogens (tertiary/aromatic N) is 6. The van der Waals surface area contributed by atoms with Crippen LogP contribution in [0.15, 0.2) is 46.4 Å². The lowest BCUT2D eigenvalue weighted by Crippen LogP contribution is -2.22. The Bertz CT molecular complexity index is 1440. The number of aliphatic hydroxyl groups excluding tert-OH is 1. The molecule has 1 fully saturated rings. The zero-order chi connectivity index (χ0) is 24.4. The second-order valence-electron chi connectivity index (χ2n) is 7.76. The molecule has 5 rings (SSSR count). The highest BCUT2D eigenvalue weighted by Gasteiger charge is 2.29. The van der Waals surface area contributed by atoms with E-state index >= 15 is 0 Å². The molecule has 3 aromatic heterocycles. The standard InChI is InChI=1S/C24H17ClN6OS3/c1-27-21-20(19-9-28-13-35-19)18(8-26)24(30-22(21)31-7-6-17(32)10-31)34-12-16-11-33-23(29-16)14-2-4-15(25)5-3-14/h2-5,9,11,13,17,32H,6-7,10,12H2/t17-/m1/s1. The van der Waals surface area contributed by atoms with E-state index in [0.717, 1.165) is 21.1 Å². The van der Waals surface area contributed by atoms with Crippen LogP contribution >= 0.6 is 46.0 Å². The van der Waals surface area contributed by atoms with Crippen LogP contribution in [0.1, 0.15) is 17.7 Å². The second-order valence-corrected chi connectivity index (χ2v) is 10.9. The van der Waals surface area contributed by atoms with Gasteiger partial charge in [0.25, 0.3) is 0 Å². The predicted octanol–water partition coefficient (Wildman–Crippen LogP) is 6.27. The van der Waals surface area contributed by atoms with Crippen LogP contribution in [0.5, 0.6) is 0 Å². The van der Waals surface area contributed by atoms with Gasteiger partial charge in [-0.2, -0.15) is 5.26 Å². The van der Waals surface area contributed by atoms with Gasteiger partial charge in [-0.3, -0.25) is 4.98 Å². The number of thioether (sulfide) groups is 1. The molecule has 0 spiro atoms. The Morgan fingerprint density at radius 1 is 1.29 bits per heavy atom. The third-order valence-corrected chi connectivity index (χ3v) is 8.48. The molecule has 0 aliphatic carbocycles. The van der Waals surface area contributed by atoms with Crippen molar-refractivity contribution in [3.63, 3.8) is 0 Å². The number of aromatic nitrogens is 3. The molecule has 1 aliphatic rings. The van der Waals surface area contributed by atoms with Crippen LogP contribution in [0.2, 0.25) is 5.02 Å². The van der Waals surface area contributed by atoms with Crippen LogP contribution in [0, 0.1) is 17.9 Å². The summed E-state index contributed by atoms with van der Waals surface area (Å²) < 4.78 is 0. The average Bonchev–Trinajstić information content (AvgIpc) is 3.64. The molecular formula is C24H17ClN6OS3. The smallest absolute Gasteiger partial charge is 0.238 e. The van der Waals surface area contributed by atoms with Gasteiger partial charge in [-0.1, -0.05) is 35.5 Å². The fourth-order valence-corrected chi connectivity index (χ4v) is 6.44. The Labute approximate surface area is 219 Å². The topological polar surface area (TPSA) is 90.3 Å². The molecule has 4 heterocycles. The number of halogens is 1. The summed E-state index contributed by atoms with van der Waals surface area (Å²) in [5, 5.41) is 24.3. The van der Waals surface area contributed by atoms with E-state index in [2.05, 4.69) is 15.9 Å². The lowest BCUT2D eigenvalue weighted by Gasteiger charge is -2.21. The first kappa shape index (κ1) is 23.7. The second kappa shape index (κ2) is 10.3. The first-order chi connectivity index (χ1) is 17.1. The van der Waals surface area contributed by atoms with E-state index in [9.17, 15) is 10.4 Å². The molecule has 0 unspecified atom stereocenters. The minimum atomic E-state index is -0.463. The van der Waals surface area contributed by atoms with Gasteiger partial charge in [0.15, 0.2) is 0 Å². The van der Waals surface area contributed by atoms with Gasteiger partial charge in [0.2, 0.25) is 5.69 Å². The Morgan fingerprint density at radius 2 is 2.11 bits per heavy atom. The number of hydrogen-bond donors (Lipinski definition) is 1. The number of thiazole rings is 2. The zero-order valence-corrected chi connectivity index (χ0v) is 21.4. The molecule has 0 bridgehead atoms. The SMILES string of the molecule is [C-]#[N+]c1c(N2CC[C@@H](O)C2)nc(SCc2csc(-c3ccc(Cl)cc3)n2)c(C#N)c1-c1cncs1. The van der Waals surface area contributed by atoms with E-state index in [0.29, 0.717) is 57.9 Å². The highest BCUT2D eigenvalue weighted by atomic mass is 35.5. The molecule has 4 aromatic rings. The Kier molecular flexibility index (Phi) is 7.00. The van der Waals surface area contributed by atoms with E-state index in [1.807, 2.05) is 34.5 Å². The van der Waals surface area contributed by atoms with E-state index < -0.39 is 6.10 Å². The number of hydrogen-bond acceptors (Lipinski definition) is 9. The van der Waals surface area contributed by atoms with E-state index in [1.165, 1.54) is 23.1 Å². The molecule has 1 aromatic carbocycles. The maximum Gasteiger partial charge on any atom is 0.238 e. The highest BCUT2D eigenvalue weighted by Crippen LogP contribution is 2.45. The average molecular weight is 537 g/mol. The molecule has 7 nitrogen and oxygen atoms in total. The highest BCUT2D eigenvalue weighted by molar-refractivity contribution is 7.98. The van der Waals surface area contributed by atoms with E-state index in [1.54, 1.807) is 23.0 Å². The Balaban J connectivity index is 1.51. The summed E-state index contributed by atoms with van der Waals surface area (Å²) >= 11 is 10.3. The van der Waals surface area contributed by atoms with Crippen LogP contribution in [-0.2, 0) is 5.75 Å². The van der Waals surface area contributed by atoms with E-state index in [4.69, 9.17) is 28.1 Å². The minimum Gasteiger partial charge on any atom is -0.391 e. The molecule has 1 aliphatic heterocycles. The molecular weight excluding hydrogens is 520 g/mol. The van der Waals surface area contributed by atoms with Crippen molar-refractivity contribution in [3.05, 3.63) is 69.1 Å². The number of pyridine rings is 1. The van der Waals surface area contributed by atoms with Gasteiger partial charge in [-0.25, -0.2) is 14.8 Å². The maximum atomic E-state index is 10.1. The number of aliphatic hydroxyl groups is 1. The lowest BCUT2D eigenvalue weighted by atomic mass is 10.1. The van der Waals surface area contributed by atoms with Gasteiger partial charge >= 0.3 is 0 Å². The molecule has 11 heteroatoms. The van der Waals surface area contributed by atoms with Crippen molar-refractivity contribution < 1.29 is 5.11 Å². The van der Waals surface area contributed by atoms with Crippen LogP contribution < -0.4 is 4.90 Å². The summed E-state index contributed by atoms with van der Waals surface area (Å²) in [6.45, 7) is 8.87. The van der Waals surface area contributed by atoms with Gasteiger partial charge in [-0.15, -0.1) is 22.7 Å². The van der Waals surface area contributed by atoms with Crippen molar-refractivity contribution in [1.29, 1.82) is 5.26 Å². The molecule has 1 N–H and O–H groups in total. The first-order valence-corrected chi connectivity index (χ1v) is 13.7. The molecule has 0 amide bonds. The van der Waals surface area contributed by atoms with Crippen molar-refractivity contribution in [3.8, 4) is 27.1 Å². The van der Waals surface area contributed by atoms with Crippen molar-refractivity contribution in [2.24, 2.45) is 0 Å². The van der Waals surface area contributed by atoms with Crippen molar-refractivity contribution >= 4 is 57.5 Å². The van der Waals surface area contributed by atoms with Crippen molar-refractivity contribution in [2.75, 3.05) is 18.0 Å². The minimum absolute atomic E-state index is 0.322. The largest absolute Gasteiger partial charge is 0.391 e. The zero-order valence-electron chi connectivity index (χ0n) is 18.2. The van der Waals surface area contributed by atoms with E-state index in [-0.39, 0.29) is 0 Å².